The summed E-state index contributed by atoms with van der Waals surface area (Å²) in [6, 6.07) is 3.72. The monoisotopic (exact) mass is 165 g/mol. The molecule has 0 aliphatic heterocycles. The smallest absolute Gasteiger partial charge is 0.302 e. The van der Waals surface area contributed by atoms with Gasteiger partial charge in [0, 0.05) is 24.4 Å². The quantitative estimate of drug-likeness (QED) is 0.622. The third-order valence-corrected chi connectivity index (χ3v) is 1.55. The van der Waals surface area contributed by atoms with Crippen LogP contribution in [0.3, 0.4) is 0 Å². The molecule has 0 aromatic carbocycles. The second-order valence-corrected chi connectivity index (χ2v) is 2.53. The molecule has 0 atom stereocenters. The molecule has 1 aromatic heterocycles. The van der Waals surface area contributed by atoms with Gasteiger partial charge in [-0.2, -0.15) is 0 Å². The Morgan fingerprint density at radius 1 is 1.67 bits per heavy atom. The van der Waals surface area contributed by atoms with E-state index in [2.05, 4.69) is 4.98 Å². The zero-order valence-electron chi connectivity index (χ0n) is 7.20. The minimum Gasteiger partial charge on any atom is -0.461 e. The van der Waals surface area contributed by atoms with Crippen LogP contribution < -0.4 is 0 Å². The molecule has 0 spiro atoms. The van der Waals surface area contributed by atoms with E-state index in [0.717, 1.165) is 11.3 Å². The summed E-state index contributed by atoms with van der Waals surface area (Å²) in [7, 11) is 0. The average Bonchev–Trinajstić information content (AvgIpc) is 2.03. The second-order valence-electron chi connectivity index (χ2n) is 2.53. The van der Waals surface area contributed by atoms with E-state index in [9.17, 15) is 4.79 Å². The van der Waals surface area contributed by atoms with E-state index < -0.39 is 0 Å². The molecule has 0 aliphatic carbocycles. The third kappa shape index (κ3) is 2.34. The number of carbonyl (C=O) groups is 1. The van der Waals surface area contributed by atoms with Gasteiger partial charge in [-0.15, -0.1) is 0 Å². The molecule has 3 heteroatoms. The maximum absolute atomic E-state index is 10.5. The lowest BCUT2D eigenvalue weighted by molar-refractivity contribution is -0.142. The van der Waals surface area contributed by atoms with Gasteiger partial charge in [0.2, 0.25) is 0 Å². The van der Waals surface area contributed by atoms with E-state index in [-0.39, 0.29) is 5.97 Å². The number of ether oxygens (including phenoxy) is 1. The van der Waals surface area contributed by atoms with Gasteiger partial charge in [0.1, 0.15) is 6.61 Å². The van der Waals surface area contributed by atoms with Crippen LogP contribution in [-0.2, 0) is 16.1 Å². The zero-order chi connectivity index (χ0) is 8.97. The highest BCUT2D eigenvalue weighted by Gasteiger charge is 1.99. The molecule has 12 heavy (non-hydrogen) atoms. The fourth-order valence-corrected chi connectivity index (χ4v) is 0.849. The number of hydrogen-bond acceptors (Lipinski definition) is 3. The standard InChI is InChI=1S/C9H11NO2/c1-7-9(4-3-5-10-7)6-12-8(2)11/h3-5H,6H2,1-2H3. The fraction of sp³-hybridized carbons (Fsp3) is 0.333. The molecule has 0 bridgehead atoms. The van der Waals surface area contributed by atoms with Crippen LogP contribution in [0.1, 0.15) is 18.2 Å². The van der Waals surface area contributed by atoms with E-state index in [1.165, 1.54) is 6.92 Å². The van der Waals surface area contributed by atoms with Crippen molar-refractivity contribution < 1.29 is 9.53 Å². The molecule has 0 amide bonds. The minimum atomic E-state index is -0.266. The van der Waals surface area contributed by atoms with E-state index in [4.69, 9.17) is 4.74 Å². The highest BCUT2D eigenvalue weighted by atomic mass is 16.5. The topological polar surface area (TPSA) is 39.2 Å². The van der Waals surface area contributed by atoms with Gasteiger partial charge in [0.25, 0.3) is 0 Å². The van der Waals surface area contributed by atoms with Gasteiger partial charge in [-0.25, -0.2) is 0 Å². The number of esters is 1. The lowest BCUT2D eigenvalue weighted by atomic mass is 10.2. The molecule has 0 saturated heterocycles. The normalized spacial score (nSPS) is 9.50. The maximum atomic E-state index is 10.5. The number of rotatable bonds is 2. The Hall–Kier alpha value is -1.38. The Balaban J connectivity index is 2.63. The van der Waals surface area contributed by atoms with Crippen molar-refractivity contribution in [2.24, 2.45) is 0 Å². The first-order chi connectivity index (χ1) is 5.70. The van der Waals surface area contributed by atoms with Crippen LogP contribution in [0.4, 0.5) is 0 Å². The van der Waals surface area contributed by atoms with Crippen molar-refractivity contribution in [2.45, 2.75) is 20.5 Å². The largest absolute Gasteiger partial charge is 0.461 e. The van der Waals surface area contributed by atoms with Crippen LogP contribution in [0.15, 0.2) is 18.3 Å². The molecule has 0 radical (unpaired) electrons. The van der Waals surface area contributed by atoms with E-state index in [1.54, 1.807) is 6.20 Å². The number of nitrogens with zero attached hydrogens (tertiary/aromatic N) is 1. The Labute approximate surface area is 71.4 Å². The van der Waals surface area contributed by atoms with Gasteiger partial charge in [-0.1, -0.05) is 6.07 Å². The Kier molecular flexibility index (Phi) is 2.80. The van der Waals surface area contributed by atoms with Crippen molar-refractivity contribution in [1.29, 1.82) is 0 Å². The third-order valence-electron chi connectivity index (χ3n) is 1.55. The summed E-state index contributed by atoms with van der Waals surface area (Å²) in [5.74, 6) is -0.266. The Morgan fingerprint density at radius 2 is 2.42 bits per heavy atom. The van der Waals surface area contributed by atoms with Gasteiger partial charge in [-0.3, -0.25) is 9.78 Å². The lowest BCUT2D eigenvalue weighted by Crippen LogP contribution is -2.00. The van der Waals surface area contributed by atoms with Gasteiger partial charge in [0.15, 0.2) is 0 Å². The molecular weight excluding hydrogens is 154 g/mol. The van der Waals surface area contributed by atoms with Crippen molar-refractivity contribution in [3.05, 3.63) is 29.6 Å². The van der Waals surface area contributed by atoms with E-state index in [1.807, 2.05) is 19.1 Å². The maximum Gasteiger partial charge on any atom is 0.302 e. The molecule has 0 N–H and O–H groups in total. The van der Waals surface area contributed by atoms with Crippen molar-refractivity contribution in [3.63, 3.8) is 0 Å². The van der Waals surface area contributed by atoms with Crippen LogP contribution in [0.5, 0.6) is 0 Å². The average molecular weight is 165 g/mol. The van der Waals surface area contributed by atoms with Crippen molar-refractivity contribution >= 4 is 5.97 Å². The van der Waals surface area contributed by atoms with Crippen LogP contribution in [0.2, 0.25) is 0 Å². The number of aryl methyl sites for hydroxylation is 1. The van der Waals surface area contributed by atoms with Gasteiger partial charge >= 0.3 is 5.97 Å². The molecule has 64 valence electrons. The summed E-state index contributed by atoms with van der Waals surface area (Å²) in [6.45, 7) is 3.60. The summed E-state index contributed by atoms with van der Waals surface area (Å²) >= 11 is 0. The molecule has 1 heterocycles. The summed E-state index contributed by atoms with van der Waals surface area (Å²) in [5.41, 5.74) is 1.85. The minimum absolute atomic E-state index is 0.266. The summed E-state index contributed by atoms with van der Waals surface area (Å²) in [6.07, 6.45) is 1.71. The van der Waals surface area contributed by atoms with Gasteiger partial charge in [0.05, 0.1) is 0 Å². The predicted molar refractivity (Wildman–Crippen MR) is 44.4 cm³/mol. The van der Waals surface area contributed by atoms with Crippen molar-refractivity contribution in [2.75, 3.05) is 0 Å². The summed E-state index contributed by atoms with van der Waals surface area (Å²) in [4.78, 5) is 14.6. The second kappa shape index (κ2) is 3.85. The molecule has 1 rings (SSSR count). The van der Waals surface area contributed by atoms with Gasteiger partial charge in [-0.05, 0) is 13.0 Å². The zero-order valence-corrected chi connectivity index (χ0v) is 7.20. The van der Waals surface area contributed by atoms with Crippen LogP contribution >= 0.6 is 0 Å². The first-order valence-corrected chi connectivity index (χ1v) is 3.74. The Morgan fingerprint density at radius 3 is 3.00 bits per heavy atom. The summed E-state index contributed by atoms with van der Waals surface area (Å²) < 4.78 is 4.83. The van der Waals surface area contributed by atoms with Crippen LogP contribution in [-0.4, -0.2) is 11.0 Å². The SMILES string of the molecule is CC(=O)OCc1cccnc1C. The molecule has 0 fully saturated rings. The van der Waals surface area contributed by atoms with E-state index >= 15 is 0 Å². The molecular formula is C9H11NO2. The lowest BCUT2D eigenvalue weighted by Gasteiger charge is -2.03. The first-order valence-electron chi connectivity index (χ1n) is 3.74. The molecule has 0 aliphatic rings. The number of carbonyl (C=O) groups excluding carboxylic acids is 1. The first kappa shape index (κ1) is 8.71. The fourth-order valence-electron chi connectivity index (χ4n) is 0.849. The van der Waals surface area contributed by atoms with Crippen molar-refractivity contribution in [3.8, 4) is 0 Å². The van der Waals surface area contributed by atoms with Crippen LogP contribution in [0.25, 0.3) is 0 Å². The van der Waals surface area contributed by atoms with Crippen molar-refractivity contribution in [1.82, 2.24) is 4.98 Å². The predicted octanol–water partition coefficient (Wildman–Crippen LogP) is 1.45. The van der Waals surface area contributed by atoms with E-state index in [0.29, 0.717) is 6.61 Å². The molecule has 0 unspecified atom stereocenters. The summed E-state index contributed by atoms with van der Waals surface area (Å²) in [5, 5.41) is 0. The molecule has 1 aromatic rings. The van der Waals surface area contributed by atoms with Crippen LogP contribution in [0, 0.1) is 6.92 Å². The number of pyridine rings is 1. The highest BCUT2D eigenvalue weighted by molar-refractivity contribution is 5.65. The number of hydrogen-bond donors (Lipinski definition) is 0. The number of aromatic nitrogens is 1. The molecule has 0 saturated carbocycles. The Bertz CT molecular complexity index is 284. The molecule has 3 nitrogen and oxygen atoms in total. The van der Waals surface area contributed by atoms with Gasteiger partial charge < -0.3 is 4.74 Å². The highest BCUT2D eigenvalue weighted by Crippen LogP contribution is 2.04.